The number of nitrogens with zero attached hydrogens (tertiary/aromatic N) is 2. The van der Waals surface area contributed by atoms with E-state index < -0.39 is 0 Å². The van der Waals surface area contributed by atoms with Crippen LogP contribution in [0.15, 0.2) is 90.1 Å². The maximum atomic E-state index is 4.71. The summed E-state index contributed by atoms with van der Waals surface area (Å²) in [6.07, 6.45) is 4.06. The summed E-state index contributed by atoms with van der Waals surface area (Å²) in [4.78, 5) is 4.71. The van der Waals surface area contributed by atoms with Crippen LogP contribution in [0.2, 0.25) is 0 Å². The molecule has 2 nitrogen and oxygen atoms in total. The van der Waals surface area contributed by atoms with Crippen molar-refractivity contribution < 1.29 is 0 Å². The molecule has 0 aliphatic heterocycles. The smallest absolute Gasteiger partial charge is 0.0708 e. The van der Waals surface area contributed by atoms with Gasteiger partial charge in [-0.1, -0.05) is 54.6 Å². The second kappa shape index (κ2) is 6.17. The number of hydrogen-bond donors (Lipinski definition) is 0. The number of aryl methyl sites for hydroxylation is 1. The summed E-state index contributed by atoms with van der Waals surface area (Å²) < 4.78 is 2.18. The van der Waals surface area contributed by atoms with E-state index in [1.807, 2.05) is 12.3 Å². The van der Waals surface area contributed by atoms with Crippen molar-refractivity contribution in [3.63, 3.8) is 0 Å². The Hall–Kier alpha value is -3.13. The van der Waals surface area contributed by atoms with Crippen LogP contribution in [0.4, 0.5) is 5.69 Å². The van der Waals surface area contributed by atoms with E-state index in [1.165, 1.54) is 22.2 Å². The molecule has 1 heterocycles. The molecule has 0 saturated carbocycles. The van der Waals surface area contributed by atoms with Gasteiger partial charge in [0.05, 0.1) is 5.69 Å². The Balaban J connectivity index is 1.69. The third-order valence-electron chi connectivity index (χ3n) is 4.19. The second-order valence-electron chi connectivity index (χ2n) is 5.88. The molecular weight excluding hydrogens is 292 g/mol. The van der Waals surface area contributed by atoms with Crippen LogP contribution in [0, 0.1) is 6.92 Å². The predicted octanol–water partition coefficient (Wildman–Crippen LogP) is 5.69. The van der Waals surface area contributed by atoms with Gasteiger partial charge in [-0.15, -0.1) is 0 Å². The van der Waals surface area contributed by atoms with Crippen molar-refractivity contribution in [3.05, 3.63) is 96.3 Å². The van der Waals surface area contributed by atoms with E-state index in [0.29, 0.717) is 0 Å². The fourth-order valence-electron chi connectivity index (χ4n) is 3.00. The third kappa shape index (κ3) is 2.74. The molecule has 0 saturated heterocycles. The summed E-state index contributed by atoms with van der Waals surface area (Å²) in [6.45, 7) is 2.11. The van der Waals surface area contributed by atoms with Gasteiger partial charge in [0.1, 0.15) is 0 Å². The van der Waals surface area contributed by atoms with Gasteiger partial charge in [-0.2, -0.15) is 0 Å². The molecule has 0 N–H and O–H groups in total. The van der Waals surface area contributed by atoms with Crippen LogP contribution in [0.1, 0.15) is 11.3 Å². The molecular formula is C22H18N2. The minimum atomic E-state index is 0.998. The van der Waals surface area contributed by atoms with Crippen molar-refractivity contribution >= 4 is 22.7 Å². The number of fused-ring (bicyclic) bond motifs is 1. The molecule has 0 aliphatic rings. The molecule has 2 heteroatoms. The lowest BCUT2D eigenvalue weighted by Crippen LogP contribution is -1.93. The van der Waals surface area contributed by atoms with E-state index in [1.54, 1.807) is 0 Å². The number of rotatable bonds is 3. The van der Waals surface area contributed by atoms with Gasteiger partial charge in [-0.3, -0.25) is 4.99 Å². The first-order chi connectivity index (χ1) is 11.8. The van der Waals surface area contributed by atoms with Crippen LogP contribution in [0.25, 0.3) is 16.5 Å². The average molecular weight is 310 g/mol. The van der Waals surface area contributed by atoms with Crippen molar-refractivity contribution in [2.24, 2.45) is 4.99 Å². The molecule has 0 radical (unpaired) electrons. The monoisotopic (exact) mass is 310 g/mol. The lowest BCUT2D eigenvalue weighted by atomic mass is 10.1. The molecule has 0 fully saturated rings. The summed E-state index contributed by atoms with van der Waals surface area (Å²) in [6, 6.07) is 27.1. The Morgan fingerprint density at radius 3 is 2.46 bits per heavy atom. The molecule has 116 valence electrons. The molecule has 3 aromatic carbocycles. The highest BCUT2D eigenvalue weighted by atomic mass is 15.0. The summed E-state index contributed by atoms with van der Waals surface area (Å²) >= 11 is 0. The zero-order valence-corrected chi connectivity index (χ0v) is 13.6. The highest BCUT2D eigenvalue weighted by Gasteiger charge is 2.03. The summed E-state index contributed by atoms with van der Waals surface area (Å²) in [5.41, 5.74) is 4.46. The maximum absolute atomic E-state index is 4.71. The third-order valence-corrected chi connectivity index (χ3v) is 4.19. The Morgan fingerprint density at radius 1 is 0.833 bits per heavy atom. The van der Waals surface area contributed by atoms with Gasteiger partial charge >= 0.3 is 0 Å². The minimum absolute atomic E-state index is 0.998. The predicted molar refractivity (Wildman–Crippen MR) is 102 cm³/mol. The molecule has 4 aromatic rings. The first-order valence-electron chi connectivity index (χ1n) is 8.07. The van der Waals surface area contributed by atoms with E-state index in [-0.39, 0.29) is 0 Å². The van der Waals surface area contributed by atoms with Gasteiger partial charge < -0.3 is 4.57 Å². The topological polar surface area (TPSA) is 17.3 Å². The molecule has 0 aliphatic carbocycles. The summed E-state index contributed by atoms with van der Waals surface area (Å²) in [5, 5.41) is 2.39. The Morgan fingerprint density at radius 2 is 1.58 bits per heavy atom. The number of hydrogen-bond acceptors (Lipinski definition) is 1. The molecule has 0 bridgehead atoms. The number of aliphatic imine (C=N–C) groups is 1. The SMILES string of the molecule is Cc1cc(C=Nc2cccc3ccccc23)cn1-c1ccccc1. The first kappa shape index (κ1) is 14.5. The number of benzene rings is 3. The molecule has 24 heavy (non-hydrogen) atoms. The normalized spacial score (nSPS) is 11.4. The quantitative estimate of drug-likeness (QED) is 0.433. The van der Waals surface area contributed by atoms with Crippen LogP contribution >= 0.6 is 0 Å². The highest BCUT2D eigenvalue weighted by molar-refractivity contribution is 5.95. The van der Waals surface area contributed by atoms with E-state index in [4.69, 9.17) is 4.99 Å². The van der Waals surface area contributed by atoms with Crippen molar-refractivity contribution in [2.75, 3.05) is 0 Å². The molecule has 0 atom stereocenters. The maximum Gasteiger partial charge on any atom is 0.0708 e. The standard InChI is InChI=1S/C22H18N2/c1-17-14-18(16-24(17)20-10-3-2-4-11-20)15-23-22-13-7-9-19-8-5-6-12-21(19)22/h2-16H,1H3. The Bertz CT molecular complexity index is 1010. The lowest BCUT2D eigenvalue weighted by Gasteiger charge is -2.04. The minimum Gasteiger partial charge on any atom is -0.321 e. The van der Waals surface area contributed by atoms with E-state index in [9.17, 15) is 0 Å². The molecule has 0 spiro atoms. The average Bonchev–Trinajstić information content (AvgIpc) is 3.01. The molecule has 0 amide bonds. The summed E-state index contributed by atoms with van der Waals surface area (Å²) in [5.74, 6) is 0. The van der Waals surface area contributed by atoms with Crippen LogP contribution < -0.4 is 0 Å². The zero-order valence-electron chi connectivity index (χ0n) is 13.6. The van der Waals surface area contributed by atoms with Gasteiger partial charge in [-0.05, 0) is 36.6 Å². The van der Waals surface area contributed by atoms with Gasteiger partial charge in [0.2, 0.25) is 0 Å². The molecule has 0 unspecified atom stereocenters. The highest BCUT2D eigenvalue weighted by Crippen LogP contribution is 2.25. The number of para-hydroxylation sites is 1. The van der Waals surface area contributed by atoms with Crippen molar-refractivity contribution in [2.45, 2.75) is 6.92 Å². The second-order valence-corrected chi connectivity index (χ2v) is 5.88. The molecule has 1 aromatic heterocycles. The van der Waals surface area contributed by atoms with Gasteiger partial charge in [-0.25, -0.2) is 0 Å². The van der Waals surface area contributed by atoms with Gasteiger partial charge in [0.25, 0.3) is 0 Å². The van der Waals surface area contributed by atoms with Gasteiger partial charge in [0, 0.05) is 34.7 Å². The van der Waals surface area contributed by atoms with Crippen LogP contribution in [0.3, 0.4) is 0 Å². The Labute approximate surface area is 141 Å². The Kier molecular flexibility index (Phi) is 3.72. The fourth-order valence-corrected chi connectivity index (χ4v) is 3.00. The fraction of sp³-hybridized carbons (Fsp3) is 0.0455. The lowest BCUT2D eigenvalue weighted by molar-refractivity contribution is 1.02. The molecule has 4 rings (SSSR count). The van der Waals surface area contributed by atoms with Crippen molar-refractivity contribution in [3.8, 4) is 5.69 Å². The van der Waals surface area contributed by atoms with E-state index >= 15 is 0 Å². The zero-order chi connectivity index (χ0) is 16.4. The van der Waals surface area contributed by atoms with Crippen molar-refractivity contribution in [1.29, 1.82) is 0 Å². The van der Waals surface area contributed by atoms with Gasteiger partial charge in [0.15, 0.2) is 0 Å². The summed E-state index contributed by atoms with van der Waals surface area (Å²) in [7, 11) is 0. The van der Waals surface area contributed by atoms with Crippen molar-refractivity contribution in [1.82, 2.24) is 4.57 Å². The number of aromatic nitrogens is 1. The van der Waals surface area contributed by atoms with E-state index in [2.05, 4.69) is 90.5 Å². The van der Waals surface area contributed by atoms with Crippen LogP contribution in [0.5, 0.6) is 0 Å². The largest absolute Gasteiger partial charge is 0.321 e. The van der Waals surface area contributed by atoms with Crippen LogP contribution in [-0.2, 0) is 0 Å². The van der Waals surface area contributed by atoms with E-state index in [0.717, 1.165) is 11.3 Å². The van der Waals surface area contributed by atoms with Crippen LogP contribution in [-0.4, -0.2) is 10.8 Å². The first-order valence-corrected chi connectivity index (χ1v) is 8.07.